The average Bonchev–Trinajstić information content (AvgIpc) is 2.52. The molecule has 1 aliphatic rings. The molecule has 0 aromatic heterocycles. The fraction of sp³-hybridized carbons (Fsp3) is 0.933. The first-order valence-corrected chi connectivity index (χ1v) is 8.18. The number of nitrogens with zero attached hydrogens (tertiary/aromatic N) is 3. The third kappa shape index (κ3) is 5.30. The van der Waals surface area contributed by atoms with Crippen LogP contribution in [-0.4, -0.2) is 78.8 Å². The van der Waals surface area contributed by atoms with Crippen molar-refractivity contribution in [3.63, 3.8) is 0 Å². The van der Waals surface area contributed by atoms with E-state index in [1.165, 1.54) is 0 Å². The molecule has 0 aliphatic carbocycles. The Morgan fingerprint density at radius 2 is 1.29 bits per heavy atom. The molecule has 0 aromatic carbocycles. The van der Waals surface area contributed by atoms with Crippen LogP contribution in [0.5, 0.6) is 0 Å². The van der Waals surface area contributed by atoms with E-state index in [0.717, 1.165) is 32.7 Å². The summed E-state index contributed by atoms with van der Waals surface area (Å²) in [7, 11) is 0. The van der Waals surface area contributed by atoms with E-state index in [1.807, 2.05) is 37.8 Å². The highest BCUT2D eigenvalue weighted by Gasteiger charge is 2.38. The molecule has 0 radical (unpaired) electrons. The van der Waals surface area contributed by atoms with Crippen molar-refractivity contribution in [2.45, 2.75) is 46.8 Å². The molecular formula is C15H31N3O3. The van der Waals surface area contributed by atoms with Crippen LogP contribution in [0.4, 0.5) is 0 Å². The van der Waals surface area contributed by atoms with E-state index in [0.29, 0.717) is 13.1 Å². The smallest absolute Gasteiger partial charge is 0.197 e. The minimum absolute atomic E-state index is 0.0542. The van der Waals surface area contributed by atoms with Crippen molar-refractivity contribution in [2.75, 3.05) is 45.8 Å². The molecule has 0 saturated carbocycles. The van der Waals surface area contributed by atoms with Gasteiger partial charge in [-0.05, 0) is 6.54 Å². The van der Waals surface area contributed by atoms with Gasteiger partial charge in [0.2, 0.25) is 0 Å². The van der Waals surface area contributed by atoms with E-state index in [4.69, 9.17) is 9.68 Å². The Morgan fingerprint density at radius 3 is 1.57 bits per heavy atom. The number of Topliss-reactive ketones (excluding diaryl/α,β-unsaturated/α-hetero) is 1. The van der Waals surface area contributed by atoms with Gasteiger partial charge in [0.1, 0.15) is 0 Å². The minimum atomic E-state index is -0.431. The van der Waals surface area contributed by atoms with Crippen molar-refractivity contribution in [3.05, 3.63) is 0 Å². The summed E-state index contributed by atoms with van der Waals surface area (Å²) in [4.78, 5) is 26.5. The molecule has 2 unspecified atom stereocenters. The summed E-state index contributed by atoms with van der Waals surface area (Å²) < 4.78 is 0. The summed E-state index contributed by atoms with van der Waals surface area (Å²) in [6.07, 6.45) is -0.863. The molecule has 21 heavy (non-hydrogen) atoms. The van der Waals surface area contributed by atoms with Crippen molar-refractivity contribution < 1.29 is 14.5 Å². The van der Waals surface area contributed by atoms with E-state index >= 15 is 0 Å². The third-order valence-electron chi connectivity index (χ3n) is 3.89. The highest BCUT2D eigenvalue weighted by atomic mass is 16.7. The molecule has 0 spiro atoms. The first-order chi connectivity index (χ1) is 10.1. The van der Waals surface area contributed by atoms with Gasteiger partial charge in [-0.1, -0.05) is 34.6 Å². The lowest BCUT2D eigenvalue weighted by Gasteiger charge is -2.38. The van der Waals surface area contributed by atoms with Crippen LogP contribution in [0.2, 0.25) is 0 Å². The van der Waals surface area contributed by atoms with Gasteiger partial charge < -0.3 is 0 Å². The summed E-state index contributed by atoms with van der Waals surface area (Å²) in [5.41, 5.74) is 0. The molecule has 0 N–H and O–H groups in total. The van der Waals surface area contributed by atoms with Gasteiger partial charge in [-0.25, -0.2) is 0 Å². The highest BCUT2D eigenvalue weighted by molar-refractivity contribution is 5.88. The number of ketones is 1. The van der Waals surface area contributed by atoms with Crippen molar-refractivity contribution in [2.24, 2.45) is 0 Å². The number of hydroxylamine groups is 4. The molecule has 1 saturated heterocycles. The molecule has 1 aliphatic heterocycles. The van der Waals surface area contributed by atoms with Gasteiger partial charge in [0.25, 0.3) is 0 Å². The fourth-order valence-electron chi connectivity index (χ4n) is 2.46. The molecule has 1 fully saturated rings. The van der Waals surface area contributed by atoms with Crippen LogP contribution >= 0.6 is 0 Å². The van der Waals surface area contributed by atoms with Crippen LogP contribution in [0.25, 0.3) is 0 Å². The van der Waals surface area contributed by atoms with Crippen molar-refractivity contribution in [3.8, 4) is 0 Å². The summed E-state index contributed by atoms with van der Waals surface area (Å²) in [6.45, 7) is 15.5. The Hall–Kier alpha value is -0.530. The van der Waals surface area contributed by atoms with E-state index < -0.39 is 12.2 Å². The van der Waals surface area contributed by atoms with Gasteiger partial charge in [-0.15, -0.1) is 0 Å². The first-order valence-electron chi connectivity index (χ1n) is 8.18. The maximum atomic E-state index is 12.6. The largest absolute Gasteiger partial charge is 0.297 e. The van der Waals surface area contributed by atoms with Crippen LogP contribution in [-0.2, 0) is 14.5 Å². The number of rotatable bonds is 9. The zero-order valence-electron chi connectivity index (χ0n) is 14.2. The minimum Gasteiger partial charge on any atom is -0.297 e. The van der Waals surface area contributed by atoms with Gasteiger partial charge >= 0.3 is 0 Å². The lowest BCUT2D eigenvalue weighted by molar-refractivity contribution is -0.237. The summed E-state index contributed by atoms with van der Waals surface area (Å²) >= 11 is 0. The number of hydrogen-bond acceptors (Lipinski definition) is 6. The Kier molecular flexibility index (Phi) is 8.36. The topological polar surface area (TPSA) is 45.3 Å². The highest BCUT2D eigenvalue weighted by Crippen LogP contribution is 2.15. The Bertz CT molecular complexity index is 281. The van der Waals surface area contributed by atoms with E-state index in [9.17, 15) is 4.79 Å². The first kappa shape index (κ1) is 18.5. The van der Waals surface area contributed by atoms with Gasteiger partial charge in [0.15, 0.2) is 18.0 Å². The van der Waals surface area contributed by atoms with Gasteiger partial charge in [0, 0.05) is 39.3 Å². The molecule has 2 atom stereocenters. The number of likely N-dealkylation sites (N-methyl/N-ethyl adjacent to an activating group) is 1. The second-order valence-corrected chi connectivity index (χ2v) is 5.17. The van der Waals surface area contributed by atoms with Gasteiger partial charge in [0.05, 0.1) is 0 Å². The maximum Gasteiger partial charge on any atom is 0.197 e. The standard InChI is InChI=1S/C15H31N3O3/c1-6-16-11-13(20-17(7-2)8-3)15(19)14(12-16)21-18(9-4)10-5/h13-14H,6-12H2,1-5H3. The maximum absolute atomic E-state index is 12.6. The van der Waals surface area contributed by atoms with Crippen LogP contribution in [0.3, 0.4) is 0 Å². The lowest BCUT2D eigenvalue weighted by Crippen LogP contribution is -2.57. The Morgan fingerprint density at radius 1 is 0.905 bits per heavy atom. The molecule has 0 amide bonds. The van der Waals surface area contributed by atoms with Gasteiger partial charge in [-0.3, -0.25) is 19.4 Å². The molecule has 0 aromatic rings. The van der Waals surface area contributed by atoms with Gasteiger partial charge in [-0.2, -0.15) is 10.1 Å². The van der Waals surface area contributed by atoms with E-state index in [-0.39, 0.29) is 5.78 Å². The Balaban J connectivity index is 2.72. The molecule has 0 bridgehead atoms. The molecule has 6 heteroatoms. The van der Waals surface area contributed by atoms with E-state index in [2.05, 4.69) is 11.8 Å². The Labute approximate surface area is 128 Å². The van der Waals surface area contributed by atoms with Crippen molar-refractivity contribution in [1.29, 1.82) is 0 Å². The number of likely N-dealkylation sites (tertiary alicyclic amines) is 1. The zero-order valence-corrected chi connectivity index (χ0v) is 14.2. The molecular weight excluding hydrogens is 270 g/mol. The van der Waals surface area contributed by atoms with Crippen LogP contribution < -0.4 is 0 Å². The molecule has 124 valence electrons. The second-order valence-electron chi connectivity index (χ2n) is 5.17. The number of carbonyl (C=O) groups is 1. The quantitative estimate of drug-likeness (QED) is 0.596. The summed E-state index contributed by atoms with van der Waals surface area (Å²) in [5, 5.41) is 3.66. The molecule has 1 rings (SSSR count). The normalized spacial score (nSPS) is 24.2. The summed E-state index contributed by atoms with van der Waals surface area (Å²) in [5.74, 6) is 0.0542. The van der Waals surface area contributed by atoms with Crippen molar-refractivity contribution >= 4 is 5.78 Å². The monoisotopic (exact) mass is 301 g/mol. The van der Waals surface area contributed by atoms with Crippen LogP contribution in [0, 0.1) is 0 Å². The third-order valence-corrected chi connectivity index (χ3v) is 3.89. The lowest BCUT2D eigenvalue weighted by atomic mass is 10.0. The zero-order chi connectivity index (χ0) is 15.8. The molecule has 1 heterocycles. The van der Waals surface area contributed by atoms with E-state index in [1.54, 1.807) is 0 Å². The number of carbonyl (C=O) groups excluding carboxylic acids is 1. The second kappa shape index (κ2) is 9.48. The van der Waals surface area contributed by atoms with Crippen molar-refractivity contribution in [1.82, 2.24) is 15.0 Å². The predicted molar refractivity (Wildman–Crippen MR) is 82.7 cm³/mol. The molecule has 6 nitrogen and oxygen atoms in total. The SMILES string of the molecule is CCN1CC(ON(CC)CC)C(=O)C(ON(CC)CC)C1. The fourth-order valence-corrected chi connectivity index (χ4v) is 2.46. The predicted octanol–water partition coefficient (Wildman–Crippen LogP) is 1.18. The number of piperidine rings is 1. The average molecular weight is 301 g/mol. The summed E-state index contributed by atoms with van der Waals surface area (Å²) in [6, 6.07) is 0. The van der Waals surface area contributed by atoms with Crippen LogP contribution in [0.1, 0.15) is 34.6 Å². The number of hydrogen-bond donors (Lipinski definition) is 0. The van der Waals surface area contributed by atoms with Crippen LogP contribution in [0.15, 0.2) is 0 Å².